The number of aryl methyl sites for hydroxylation is 2. The first-order chi connectivity index (χ1) is 8.97. The van der Waals surface area contributed by atoms with E-state index in [1.807, 2.05) is 6.92 Å². The van der Waals surface area contributed by atoms with E-state index in [9.17, 15) is 9.18 Å². The number of anilines is 2. The van der Waals surface area contributed by atoms with Crippen molar-refractivity contribution in [2.45, 2.75) is 13.8 Å². The number of carbonyl (C=O) groups is 1. The second-order valence-corrected chi connectivity index (χ2v) is 4.51. The lowest BCUT2D eigenvalue weighted by Gasteiger charge is -2.09. The summed E-state index contributed by atoms with van der Waals surface area (Å²) in [6.45, 7) is 3.56. The lowest BCUT2D eigenvalue weighted by molar-refractivity contribution is 0.102. The van der Waals surface area contributed by atoms with E-state index >= 15 is 0 Å². The molecule has 2 aromatic carbocycles. The molecule has 0 aliphatic carbocycles. The van der Waals surface area contributed by atoms with Gasteiger partial charge in [0.05, 0.1) is 5.56 Å². The van der Waals surface area contributed by atoms with E-state index < -0.39 is 0 Å². The zero-order chi connectivity index (χ0) is 14.0. The minimum absolute atomic E-state index is 0.347. The van der Waals surface area contributed by atoms with Crippen LogP contribution in [-0.2, 0) is 0 Å². The van der Waals surface area contributed by atoms with Crippen LogP contribution in [0.2, 0.25) is 0 Å². The monoisotopic (exact) mass is 258 g/mol. The Labute approximate surface area is 111 Å². The molecule has 2 rings (SSSR count). The molecule has 19 heavy (non-hydrogen) atoms. The number of hydrogen-bond acceptors (Lipinski definition) is 2. The van der Waals surface area contributed by atoms with Crippen LogP contribution in [0.15, 0.2) is 36.4 Å². The van der Waals surface area contributed by atoms with E-state index in [2.05, 4.69) is 5.32 Å². The Morgan fingerprint density at radius 3 is 2.53 bits per heavy atom. The summed E-state index contributed by atoms with van der Waals surface area (Å²) in [6, 6.07) is 9.75. The number of rotatable bonds is 2. The molecule has 1 amide bonds. The Morgan fingerprint density at radius 2 is 1.89 bits per heavy atom. The van der Waals surface area contributed by atoms with E-state index in [0.717, 1.165) is 5.56 Å². The summed E-state index contributed by atoms with van der Waals surface area (Å²) in [7, 11) is 0. The third kappa shape index (κ3) is 2.91. The molecule has 3 nitrogen and oxygen atoms in total. The lowest BCUT2D eigenvalue weighted by atomic mass is 10.1. The molecule has 0 saturated carbocycles. The van der Waals surface area contributed by atoms with Gasteiger partial charge >= 0.3 is 0 Å². The summed E-state index contributed by atoms with van der Waals surface area (Å²) in [4.78, 5) is 12.0. The van der Waals surface area contributed by atoms with Crippen LogP contribution < -0.4 is 11.1 Å². The van der Waals surface area contributed by atoms with Gasteiger partial charge in [-0.05, 0) is 49.2 Å². The number of carbonyl (C=O) groups excluding carboxylic acids is 1. The quantitative estimate of drug-likeness (QED) is 0.812. The number of nitrogens with two attached hydrogens (primary N) is 1. The van der Waals surface area contributed by atoms with Gasteiger partial charge in [0.1, 0.15) is 5.82 Å². The molecule has 2 aromatic rings. The largest absolute Gasteiger partial charge is 0.398 e. The Hall–Kier alpha value is -2.36. The topological polar surface area (TPSA) is 55.1 Å². The van der Waals surface area contributed by atoms with Gasteiger partial charge in [0, 0.05) is 11.4 Å². The van der Waals surface area contributed by atoms with Crippen LogP contribution in [0.25, 0.3) is 0 Å². The average Bonchev–Trinajstić information content (AvgIpc) is 2.33. The first kappa shape index (κ1) is 13.1. The number of nitrogen functional groups attached to an aromatic ring is 1. The van der Waals surface area contributed by atoms with Crippen molar-refractivity contribution in [2.75, 3.05) is 11.1 Å². The molecular weight excluding hydrogens is 243 g/mol. The van der Waals surface area contributed by atoms with Crippen LogP contribution in [0.4, 0.5) is 15.8 Å². The predicted molar refractivity (Wildman–Crippen MR) is 74.7 cm³/mol. The maximum atomic E-state index is 13.4. The molecule has 0 radical (unpaired) electrons. The summed E-state index contributed by atoms with van der Waals surface area (Å²) in [5.41, 5.74) is 8.51. The molecule has 0 unspecified atom stereocenters. The van der Waals surface area contributed by atoms with Crippen molar-refractivity contribution >= 4 is 17.3 Å². The number of halogens is 1. The van der Waals surface area contributed by atoms with E-state index in [-0.39, 0.29) is 11.7 Å². The molecule has 0 fully saturated rings. The predicted octanol–water partition coefficient (Wildman–Crippen LogP) is 3.28. The van der Waals surface area contributed by atoms with Crippen LogP contribution in [-0.4, -0.2) is 5.91 Å². The van der Waals surface area contributed by atoms with Gasteiger partial charge in [0.25, 0.3) is 5.91 Å². The first-order valence-corrected chi connectivity index (χ1v) is 5.91. The van der Waals surface area contributed by atoms with Crippen molar-refractivity contribution < 1.29 is 9.18 Å². The van der Waals surface area contributed by atoms with Gasteiger partial charge in [0.2, 0.25) is 0 Å². The standard InChI is InChI=1S/C15H15FN2O/c1-9-3-6-12(14(17)7-9)15(19)18-11-5-4-10(2)13(16)8-11/h3-8H,17H2,1-2H3,(H,18,19). The fourth-order valence-corrected chi connectivity index (χ4v) is 1.76. The number of hydrogen-bond donors (Lipinski definition) is 2. The summed E-state index contributed by atoms with van der Waals surface area (Å²) in [6.07, 6.45) is 0. The van der Waals surface area contributed by atoms with Gasteiger partial charge in [-0.3, -0.25) is 4.79 Å². The maximum absolute atomic E-state index is 13.4. The Balaban J connectivity index is 2.23. The van der Waals surface area contributed by atoms with Crippen LogP contribution in [0.1, 0.15) is 21.5 Å². The third-order valence-corrected chi connectivity index (χ3v) is 2.88. The van der Waals surface area contributed by atoms with Crippen molar-refractivity contribution in [2.24, 2.45) is 0 Å². The van der Waals surface area contributed by atoms with Crippen LogP contribution >= 0.6 is 0 Å². The molecule has 98 valence electrons. The summed E-state index contributed by atoms with van der Waals surface area (Å²) >= 11 is 0. The van der Waals surface area contributed by atoms with Gasteiger partial charge in [-0.1, -0.05) is 12.1 Å². The highest BCUT2D eigenvalue weighted by atomic mass is 19.1. The fraction of sp³-hybridized carbons (Fsp3) is 0.133. The smallest absolute Gasteiger partial charge is 0.257 e. The van der Waals surface area contributed by atoms with Crippen molar-refractivity contribution in [3.8, 4) is 0 Å². The van der Waals surface area contributed by atoms with Crippen molar-refractivity contribution in [3.05, 3.63) is 58.9 Å². The average molecular weight is 258 g/mol. The highest BCUT2D eigenvalue weighted by Gasteiger charge is 2.10. The zero-order valence-corrected chi connectivity index (χ0v) is 10.8. The van der Waals surface area contributed by atoms with Gasteiger partial charge in [0.15, 0.2) is 0 Å². The number of benzene rings is 2. The first-order valence-electron chi connectivity index (χ1n) is 5.91. The molecule has 0 bridgehead atoms. The molecule has 0 aliphatic heterocycles. The number of amides is 1. The fourth-order valence-electron chi connectivity index (χ4n) is 1.76. The van der Waals surface area contributed by atoms with Crippen LogP contribution in [0.3, 0.4) is 0 Å². The Kier molecular flexibility index (Phi) is 3.51. The second kappa shape index (κ2) is 5.10. The maximum Gasteiger partial charge on any atom is 0.257 e. The van der Waals surface area contributed by atoms with Crippen LogP contribution in [0, 0.1) is 19.7 Å². The van der Waals surface area contributed by atoms with Crippen molar-refractivity contribution in [1.29, 1.82) is 0 Å². The molecule has 0 spiro atoms. The Morgan fingerprint density at radius 1 is 1.16 bits per heavy atom. The molecule has 0 saturated heterocycles. The minimum atomic E-state index is -0.352. The van der Waals surface area contributed by atoms with E-state index in [1.165, 1.54) is 6.07 Å². The van der Waals surface area contributed by atoms with Gasteiger partial charge < -0.3 is 11.1 Å². The third-order valence-electron chi connectivity index (χ3n) is 2.88. The minimum Gasteiger partial charge on any atom is -0.398 e. The molecule has 0 aromatic heterocycles. The van der Waals surface area contributed by atoms with Gasteiger partial charge in [-0.2, -0.15) is 0 Å². The lowest BCUT2D eigenvalue weighted by Crippen LogP contribution is -2.14. The molecule has 0 aliphatic rings. The molecule has 0 heterocycles. The van der Waals surface area contributed by atoms with Crippen molar-refractivity contribution in [1.82, 2.24) is 0 Å². The Bertz CT molecular complexity index is 638. The van der Waals surface area contributed by atoms with E-state index in [4.69, 9.17) is 5.73 Å². The summed E-state index contributed by atoms with van der Waals surface area (Å²) in [5.74, 6) is -0.699. The van der Waals surface area contributed by atoms with Gasteiger partial charge in [-0.25, -0.2) is 4.39 Å². The zero-order valence-electron chi connectivity index (χ0n) is 10.8. The number of nitrogens with one attached hydrogen (secondary N) is 1. The van der Waals surface area contributed by atoms with Crippen molar-refractivity contribution in [3.63, 3.8) is 0 Å². The molecular formula is C15H15FN2O. The van der Waals surface area contributed by atoms with E-state index in [1.54, 1.807) is 37.3 Å². The van der Waals surface area contributed by atoms with Crippen LogP contribution in [0.5, 0.6) is 0 Å². The van der Waals surface area contributed by atoms with Gasteiger partial charge in [-0.15, -0.1) is 0 Å². The normalized spacial score (nSPS) is 10.3. The second-order valence-electron chi connectivity index (χ2n) is 4.51. The molecule has 4 heteroatoms. The SMILES string of the molecule is Cc1ccc(C(=O)Nc2ccc(C)c(F)c2)c(N)c1. The molecule has 0 atom stereocenters. The highest BCUT2D eigenvalue weighted by Crippen LogP contribution is 2.18. The summed E-state index contributed by atoms with van der Waals surface area (Å²) < 4.78 is 13.4. The molecule has 3 N–H and O–H groups in total. The van der Waals surface area contributed by atoms with E-state index in [0.29, 0.717) is 22.5 Å². The highest BCUT2D eigenvalue weighted by molar-refractivity contribution is 6.07. The summed E-state index contributed by atoms with van der Waals surface area (Å²) in [5, 5.41) is 2.63.